The minimum absolute atomic E-state index is 0.443. The maximum atomic E-state index is 6.12. The number of fused-ring (bicyclic) bond motifs is 1. The lowest BCUT2D eigenvalue weighted by molar-refractivity contribution is -0.140. The highest BCUT2D eigenvalue weighted by Gasteiger charge is 2.20. The van der Waals surface area contributed by atoms with E-state index in [9.17, 15) is 0 Å². The highest BCUT2D eigenvalue weighted by atomic mass is 35.5. The van der Waals surface area contributed by atoms with E-state index in [1.165, 1.54) is 0 Å². The molecular weight excluding hydrogens is 326 g/mol. The third-order valence-corrected chi connectivity index (χ3v) is 4.06. The number of benzene rings is 1. The van der Waals surface area contributed by atoms with E-state index in [4.69, 9.17) is 26.1 Å². The second kappa shape index (κ2) is 7.30. The molecule has 0 atom stereocenters. The smallest absolute Gasteiger partial charge is 0.184 e. The first-order valence-corrected chi connectivity index (χ1v) is 8.33. The van der Waals surface area contributed by atoms with Gasteiger partial charge in [0, 0.05) is 48.8 Å². The van der Waals surface area contributed by atoms with Gasteiger partial charge in [0.2, 0.25) is 0 Å². The van der Waals surface area contributed by atoms with E-state index in [1.54, 1.807) is 12.4 Å². The number of imidazole rings is 1. The predicted molar refractivity (Wildman–Crippen MR) is 94.9 cm³/mol. The average Bonchev–Trinajstić information content (AvgIpc) is 2.91. The molecule has 0 radical (unpaired) electrons. The molecule has 24 heavy (non-hydrogen) atoms. The summed E-state index contributed by atoms with van der Waals surface area (Å²) < 4.78 is 13.5. The zero-order valence-corrected chi connectivity index (χ0v) is 14.7. The fourth-order valence-corrected chi connectivity index (χ4v) is 2.90. The Hall–Kier alpha value is -1.95. The topological polar surface area (TPSA) is 49.2 Å². The van der Waals surface area contributed by atoms with E-state index in [-0.39, 0.29) is 0 Å². The fourth-order valence-electron chi connectivity index (χ4n) is 2.73. The van der Waals surface area contributed by atoms with Crippen molar-refractivity contribution in [2.75, 3.05) is 13.2 Å². The first kappa shape index (κ1) is 16.9. The minimum atomic E-state index is -0.443. The van der Waals surface area contributed by atoms with Crippen molar-refractivity contribution in [3.8, 4) is 11.4 Å². The summed E-state index contributed by atoms with van der Waals surface area (Å²) in [4.78, 5) is 9.00. The van der Waals surface area contributed by atoms with Gasteiger partial charge in [-0.25, -0.2) is 4.98 Å². The molecule has 0 fully saturated rings. The Morgan fingerprint density at radius 1 is 1.17 bits per heavy atom. The molecule has 0 saturated heterocycles. The van der Waals surface area contributed by atoms with Crippen LogP contribution >= 0.6 is 11.6 Å². The first-order valence-electron chi connectivity index (χ1n) is 7.95. The Balaban J connectivity index is 2.14. The summed E-state index contributed by atoms with van der Waals surface area (Å²) >= 11 is 6.12. The van der Waals surface area contributed by atoms with Crippen LogP contribution in [0.5, 0.6) is 0 Å². The monoisotopic (exact) mass is 345 g/mol. The quantitative estimate of drug-likeness (QED) is 0.623. The van der Waals surface area contributed by atoms with Gasteiger partial charge in [-0.1, -0.05) is 11.6 Å². The Bertz CT molecular complexity index is 841. The van der Waals surface area contributed by atoms with Crippen molar-refractivity contribution in [2.45, 2.75) is 20.1 Å². The number of aryl methyl sites for hydroxylation is 1. The van der Waals surface area contributed by atoms with Gasteiger partial charge in [0.25, 0.3) is 0 Å². The van der Waals surface area contributed by atoms with E-state index < -0.39 is 6.29 Å². The zero-order valence-electron chi connectivity index (χ0n) is 14.0. The van der Waals surface area contributed by atoms with Gasteiger partial charge in [0.1, 0.15) is 5.82 Å². The molecule has 0 saturated carbocycles. The van der Waals surface area contributed by atoms with Gasteiger partial charge in [-0.15, -0.1) is 0 Å². The van der Waals surface area contributed by atoms with Gasteiger partial charge >= 0.3 is 0 Å². The van der Waals surface area contributed by atoms with Crippen LogP contribution in [-0.4, -0.2) is 27.7 Å². The molecular formula is C18H20ClN3O2. The second-order valence-electron chi connectivity index (χ2n) is 5.33. The standard InChI is InChI=1S/C18H20ClN3O2/c1-4-23-18(24-5-2)13-8-9-20-11-14(13)17-21-15-7-6-12(19)10-16(15)22(17)3/h6-11,18H,4-5H2,1-3H3. The van der Waals surface area contributed by atoms with Crippen LogP contribution in [0.4, 0.5) is 0 Å². The van der Waals surface area contributed by atoms with Crippen molar-refractivity contribution in [1.29, 1.82) is 0 Å². The maximum Gasteiger partial charge on any atom is 0.184 e. The number of pyridine rings is 1. The molecule has 0 spiro atoms. The summed E-state index contributed by atoms with van der Waals surface area (Å²) in [5.74, 6) is 0.805. The molecule has 2 heterocycles. The van der Waals surface area contributed by atoms with Crippen LogP contribution in [0.3, 0.4) is 0 Å². The molecule has 6 heteroatoms. The Labute approximate surface area is 146 Å². The fraction of sp³-hybridized carbons (Fsp3) is 0.333. The maximum absolute atomic E-state index is 6.12. The van der Waals surface area contributed by atoms with Crippen LogP contribution < -0.4 is 0 Å². The molecule has 0 aliphatic heterocycles. The molecule has 0 amide bonds. The lowest BCUT2D eigenvalue weighted by Crippen LogP contribution is -2.11. The van der Waals surface area contributed by atoms with Crippen molar-refractivity contribution < 1.29 is 9.47 Å². The summed E-state index contributed by atoms with van der Waals surface area (Å²) in [7, 11) is 1.97. The average molecular weight is 346 g/mol. The molecule has 0 N–H and O–H groups in total. The first-order chi connectivity index (χ1) is 11.7. The molecule has 3 aromatic rings. The van der Waals surface area contributed by atoms with Crippen LogP contribution in [0, 0.1) is 0 Å². The summed E-state index contributed by atoms with van der Waals surface area (Å²) in [6.07, 6.45) is 3.09. The zero-order chi connectivity index (χ0) is 17.1. The van der Waals surface area contributed by atoms with E-state index in [0.29, 0.717) is 18.2 Å². The van der Waals surface area contributed by atoms with Crippen LogP contribution in [0.15, 0.2) is 36.7 Å². The Morgan fingerprint density at radius 2 is 1.92 bits per heavy atom. The number of aromatic nitrogens is 3. The van der Waals surface area contributed by atoms with Crippen LogP contribution in [0.25, 0.3) is 22.4 Å². The summed E-state index contributed by atoms with van der Waals surface area (Å²) in [5.41, 5.74) is 3.66. The Kier molecular flexibility index (Phi) is 5.14. The third-order valence-electron chi connectivity index (χ3n) is 3.83. The second-order valence-corrected chi connectivity index (χ2v) is 5.77. The van der Waals surface area contributed by atoms with Crippen LogP contribution in [0.1, 0.15) is 25.7 Å². The number of nitrogens with zero attached hydrogens (tertiary/aromatic N) is 3. The predicted octanol–water partition coefficient (Wildman–Crippen LogP) is 4.36. The van der Waals surface area contributed by atoms with Gasteiger partial charge < -0.3 is 14.0 Å². The number of hydrogen-bond donors (Lipinski definition) is 0. The lowest BCUT2D eigenvalue weighted by Gasteiger charge is -2.19. The highest BCUT2D eigenvalue weighted by molar-refractivity contribution is 6.31. The molecule has 0 unspecified atom stereocenters. The molecule has 5 nitrogen and oxygen atoms in total. The van der Waals surface area contributed by atoms with Crippen molar-refractivity contribution in [2.24, 2.45) is 7.05 Å². The van der Waals surface area contributed by atoms with Gasteiger partial charge in [0.05, 0.1) is 11.0 Å². The number of rotatable bonds is 6. The summed E-state index contributed by atoms with van der Waals surface area (Å²) in [5, 5.41) is 0.685. The third kappa shape index (κ3) is 3.15. The van der Waals surface area contributed by atoms with Gasteiger partial charge in [-0.05, 0) is 38.1 Å². The molecule has 126 valence electrons. The molecule has 0 bridgehead atoms. The SMILES string of the molecule is CCOC(OCC)c1ccncc1-c1nc2ccc(Cl)cc2n1C. The number of hydrogen-bond acceptors (Lipinski definition) is 4. The van der Waals surface area contributed by atoms with Crippen molar-refractivity contribution in [3.63, 3.8) is 0 Å². The van der Waals surface area contributed by atoms with Gasteiger partial charge in [0.15, 0.2) is 6.29 Å². The van der Waals surface area contributed by atoms with Crippen molar-refractivity contribution in [1.82, 2.24) is 14.5 Å². The Morgan fingerprint density at radius 3 is 2.62 bits per heavy atom. The number of ether oxygens (including phenoxy) is 2. The lowest BCUT2D eigenvalue weighted by atomic mass is 10.1. The van der Waals surface area contributed by atoms with Crippen LogP contribution in [0.2, 0.25) is 5.02 Å². The molecule has 0 aliphatic rings. The van der Waals surface area contributed by atoms with E-state index in [2.05, 4.69) is 4.98 Å². The van der Waals surface area contributed by atoms with Crippen molar-refractivity contribution in [3.05, 3.63) is 47.2 Å². The van der Waals surface area contributed by atoms with Crippen LogP contribution in [-0.2, 0) is 16.5 Å². The highest BCUT2D eigenvalue weighted by Crippen LogP contribution is 2.32. The van der Waals surface area contributed by atoms with Gasteiger partial charge in [-0.3, -0.25) is 4.98 Å². The number of halogens is 1. The summed E-state index contributed by atoms with van der Waals surface area (Å²) in [6, 6.07) is 7.58. The van der Waals surface area contributed by atoms with Gasteiger partial charge in [-0.2, -0.15) is 0 Å². The van der Waals surface area contributed by atoms with E-state index in [0.717, 1.165) is 28.0 Å². The molecule has 3 rings (SSSR count). The normalized spacial score (nSPS) is 11.5. The molecule has 1 aromatic carbocycles. The minimum Gasteiger partial charge on any atom is -0.349 e. The summed E-state index contributed by atoms with van der Waals surface area (Å²) in [6.45, 7) is 5.02. The van der Waals surface area contributed by atoms with E-state index >= 15 is 0 Å². The molecule has 0 aliphatic carbocycles. The van der Waals surface area contributed by atoms with Crippen molar-refractivity contribution >= 4 is 22.6 Å². The largest absolute Gasteiger partial charge is 0.349 e. The molecule has 2 aromatic heterocycles. The van der Waals surface area contributed by atoms with E-state index in [1.807, 2.05) is 49.7 Å².